The highest BCUT2D eigenvalue weighted by atomic mass is 79.9. The van der Waals surface area contributed by atoms with Gasteiger partial charge in [-0.1, -0.05) is 0 Å². The van der Waals surface area contributed by atoms with Crippen molar-refractivity contribution >= 4 is 31.9 Å². The lowest BCUT2D eigenvalue weighted by molar-refractivity contribution is 0.423. The van der Waals surface area contributed by atoms with Gasteiger partial charge >= 0.3 is 0 Å². The molecule has 0 atom stereocenters. The molecule has 0 saturated carbocycles. The number of rotatable bonds is 3. The summed E-state index contributed by atoms with van der Waals surface area (Å²) in [5.41, 5.74) is 3.18. The summed E-state index contributed by atoms with van der Waals surface area (Å²) in [6.45, 7) is 11.2. The van der Waals surface area contributed by atoms with Crippen molar-refractivity contribution in [1.82, 2.24) is 20.1 Å². The number of aromatic nitrogens is 3. The summed E-state index contributed by atoms with van der Waals surface area (Å²) in [4.78, 5) is 4.56. The van der Waals surface area contributed by atoms with Gasteiger partial charge in [-0.15, -0.1) is 0 Å². The third-order valence-corrected chi connectivity index (χ3v) is 4.70. The average Bonchev–Trinajstić information content (AvgIpc) is 2.63. The Kier molecular flexibility index (Phi) is 4.90. The molecule has 0 aromatic carbocycles. The van der Waals surface area contributed by atoms with Gasteiger partial charge in [0.05, 0.1) is 15.9 Å². The van der Waals surface area contributed by atoms with Gasteiger partial charge in [-0.25, -0.2) is 9.67 Å². The molecule has 0 radical (unpaired) electrons. The smallest absolute Gasteiger partial charge is 0.158 e. The average molecular weight is 416 g/mol. The van der Waals surface area contributed by atoms with Crippen LogP contribution in [0.5, 0.6) is 0 Å². The maximum atomic E-state index is 4.58. The van der Waals surface area contributed by atoms with E-state index in [9.17, 15) is 0 Å². The molecule has 21 heavy (non-hydrogen) atoms. The van der Waals surface area contributed by atoms with Gasteiger partial charge in [0.15, 0.2) is 5.82 Å². The quantitative estimate of drug-likeness (QED) is 0.812. The highest BCUT2D eigenvalue weighted by Crippen LogP contribution is 2.25. The Hall–Kier alpha value is -0.720. The Morgan fingerprint density at radius 2 is 1.90 bits per heavy atom. The number of aryl methyl sites for hydroxylation is 1. The lowest BCUT2D eigenvalue weighted by Crippen LogP contribution is -2.35. The molecule has 0 saturated heterocycles. The van der Waals surface area contributed by atoms with E-state index in [1.807, 2.05) is 18.5 Å². The molecule has 0 aliphatic carbocycles. The maximum Gasteiger partial charge on any atom is 0.158 e. The van der Waals surface area contributed by atoms with Crippen LogP contribution in [0.25, 0.3) is 5.82 Å². The minimum Gasteiger partial charge on any atom is -0.308 e. The van der Waals surface area contributed by atoms with Crippen molar-refractivity contribution in [2.24, 2.45) is 0 Å². The Bertz CT molecular complexity index is 656. The van der Waals surface area contributed by atoms with Gasteiger partial charge < -0.3 is 5.32 Å². The Morgan fingerprint density at radius 3 is 2.43 bits per heavy atom. The summed E-state index contributed by atoms with van der Waals surface area (Å²) in [5.74, 6) is 0.862. The standard InChI is InChI=1S/C15H20Br2N4/c1-9-13(17)10(2)21(20-9)14-11(6-12(16)8-18-14)7-19-15(3,4)5/h6,8,19H,7H2,1-5H3. The van der Waals surface area contributed by atoms with Gasteiger partial charge in [0.25, 0.3) is 0 Å². The minimum atomic E-state index is 0.0508. The Labute approximate surface area is 142 Å². The van der Waals surface area contributed by atoms with Crippen molar-refractivity contribution in [2.75, 3.05) is 0 Å². The van der Waals surface area contributed by atoms with Crippen molar-refractivity contribution in [2.45, 2.75) is 46.7 Å². The summed E-state index contributed by atoms with van der Waals surface area (Å²) >= 11 is 7.07. The fourth-order valence-electron chi connectivity index (χ4n) is 1.99. The fraction of sp³-hybridized carbons (Fsp3) is 0.467. The van der Waals surface area contributed by atoms with E-state index in [4.69, 9.17) is 0 Å². The second-order valence-electron chi connectivity index (χ2n) is 6.14. The third kappa shape index (κ3) is 3.93. The molecule has 114 valence electrons. The predicted octanol–water partition coefficient (Wildman–Crippen LogP) is 4.30. The van der Waals surface area contributed by atoms with Crippen LogP contribution in [0.4, 0.5) is 0 Å². The lowest BCUT2D eigenvalue weighted by Gasteiger charge is -2.21. The predicted molar refractivity (Wildman–Crippen MR) is 92.8 cm³/mol. The molecule has 0 bridgehead atoms. The van der Waals surface area contributed by atoms with Crippen molar-refractivity contribution in [3.05, 3.63) is 38.2 Å². The van der Waals surface area contributed by atoms with E-state index in [1.165, 1.54) is 0 Å². The number of nitrogens with zero attached hydrogens (tertiary/aromatic N) is 3. The minimum absolute atomic E-state index is 0.0508. The van der Waals surface area contributed by atoms with Gasteiger partial charge in [-0.3, -0.25) is 0 Å². The van der Waals surface area contributed by atoms with Gasteiger partial charge in [0.1, 0.15) is 0 Å². The van der Waals surface area contributed by atoms with Crippen LogP contribution in [0, 0.1) is 13.8 Å². The van der Waals surface area contributed by atoms with E-state index < -0.39 is 0 Å². The van der Waals surface area contributed by atoms with E-state index >= 15 is 0 Å². The van der Waals surface area contributed by atoms with Gasteiger partial charge in [-0.2, -0.15) is 5.10 Å². The number of halogens is 2. The summed E-state index contributed by atoms with van der Waals surface area (Å²) in [6.07, 6.45) is 1.81. The Morgan fingerprint density at radius 1 is 1.24 bits per heavy atom. The summed E-state index contributed by atoms with van der Waals surface area (Å²) in [6, 6.07) is 2.09. The molecule has 4 nitrogen and oxygen atoms in total. The van der Waals surface area contributed by atoms with Crippen LogP contribution >= 0.6 is 31.9 Å². The first-order valence-corrected chi connectivity index (χ1v) is 8.39. The second kappa shape index (κ2) is 6.18. The molecule has 0 spiro atoms. The number of hydrogen-bond acceptors (Lipinski definition) is 3. The van der Waals surface area contributed by atoms with Crippen LogP contribution < -0.4 is 5.32 Å². The van der Waals surface area contributed by atoms with E-state index in [-0.39, 0.29) is 5.54 Å². The molecule has 0 fully saturated rings. The molecule has 6 heteroatoms. The fourth-order valence-corrected chi connectivity index (χ4v) is 2.61. The van der Waals surface area contributed by atoms with E-state index in [0.717, 1.165) is 38.3 Å². The topological polar surface area (TPSA) is 42.7 Å². The van der Waals surface area contributed by atoms with E-state index in [0.29, 0.717) is 0 Å². The maximum absolute atomic E-state index is 4.58. The molecule has 0 aliphatic rings. The summed E-state index contributed by atoms with van der Waals surface area (Å²) in [5, 5.41) is 8.08. The monoisotopic (exact) mass is 414 g/mol. The largest absolute Gasteiger partial charge is 0.308 e. The molecule has 2 rings (SSSR count). The second-order valence-corrected chi connectivity index (χ2v) is 7.85. The van der Waals surface area contributed by atoms with Crippen molar-refractivity contribution in [3.63, 3.8) is 0 Å². The molecule has 0 amide bonds. The molecular formula is C15H20Br2N4. The van der Waals surface area contributed by atoms with Crippen LogP contribution in [-0.2, 0) is 6.54 Å². The third-order valence-electron chi connectivity index (χ3n) is 3.12. The van der Waals surface area contributed by atoms with Crippen LogP contribution in [0.15, 0.2) is 21.2 Å². The zero-order chi connectivity index (χ0) is 15.8. The lowest BCUT2D eigenvalue weighted by atomic mass is 10.1. The SMILES string of the molecule is Cc1nn(-c2ncc(Br)cc2CNC(C)(C)C)c(C)c1Br. The molecular weight excluding hydrogens is 396 g/mol. The van der Waals surface area contributed by atoms with E-state index in [1.54, 1.807) is 6.20 Å². The molecule has 1 N–H and O–H groups in total. The van der Waals surface area contributed by atoms with Crippen molar-refractivity contribution in [3.8, 4) is 5.82 Å². The van der Waals surface area contributed by atoms with Gasteiger partial charge in [-0.05, 0) is 72.5 Å². The summed E-state index contributed by atoms with van der Waals surface area (Å²) < 4.78 is 3.89. The number of nitrogens with one attached hydrogen (secondary N) is 1. The highest BCUT2D eigenvalue weighted by Gasteiger charge is 2.16. The first-order valence-electron chi connectivity index (χ1n) is 6.80. The van der Waals surface area contributed by atoms with Crippen LogP contribution in [0.2, 0.25) is 0 Å². The zero-order valence-corrected chi connectivity index (χ0v) is 16.1. The Balaban J connectivity index is 2.46. The van der Waals surface area contributed by atoms with Gasteiger partial charge in [0, 0.05) is 28.3 Å². The normalized spacial score (nSPS) is 12.0. The first kappa shape index (κ1) is 16.6. The van der Waals surface area contributed by atoms with Crippen molar-refractivity contribution < 1.29 is 0 Å². The van der Waals surface area contributed by atoms with Crippen LogP contribution in [-0.4, -0.2) is 20.3 Å². The zero-order valence-electron chi connectivity index (χ0n) is 13.0. The van der Waals surface area contributed by atoms with Crippen LogP contribution in [0.3, 0.4) is 0 Å². The highest BCUT2D eigenvalue weighted by molar-refractivity contribution is 9.10. The molecule has 0 aliphatic heterocycles. The molecule has 2 aromatic heterocycles. The molecule has 2 aromatic rings. The van der Waals surface area contributed by atoms with Crippen LogP contribution in [0.1, 0.15) is 37.7 Å². The summed E-state index contributed by atoms with van der Waals surface area (Å²) in [7, 11) is 0. The van der Waals surface area contributed by atoms with Crippen molar-refractivity contribution in [1.29, 1.82) is 0 Å². The molecule has 0 unspecified atom stereocenters. The van der Waals surface area contributed by atoms with Gasteiger partial charge in [0.2, 0.25) is 0 Å². The van der Waals surface area contributed by atoms with E-state index in [2.05, 4.69) is 74.1 Å². The molecule has 2 heterocycles. The first-order chi connectivity index (χ1) is 9.69. The number of pyridine rings is 1. The number of hydrogen-bond donors (Lipinski definition) is 1.